The summed E-state index contributed by atoms with van der Waals surface area (Å²) in [6.07, 6.45) is 1.05. The minimum atomic E-state index is -1.29. The molecule has 0 heterocycles. The zero-order valence-electron chi connectivity index (χ0n) is 7.26. The van der Waals surface area contributed by atoms with E-state index in [1.165, 1.54) is 0 Å². The maximum Gasteiger partial charge on any atom is 0.319 e. The molecule has 0 aromatic rings. The van der Waals surface area contributed by atoms with Gasteiger partial charge in [0.25, 0.3) is 0 Å². The summed E-state index contributed by atoms with van der Waals surface area (Å²) in [5, 5.41) is 8.84. The Hall–Kier alpha value is -1.06. The summed E-state index contributed by atoms with van der Waals surface area (Å²) in [6, 6.07) is 0. The van der Waals surface area contributed by atoms with Crippen molar-refractivity contribution in [2.45, 2.75) is 26.7 Å². The van der Waals surface area contributed by atoms with Crippen molar-refractivity contribution in [1.29, 1.82) is 0 Å². The van der Waals surface area contributed by atoms with Crippen molar-refractivity contribution in [3.05, 3.63) is 0 Å². The maximum atomic E-state index is 10.9. The molecule has 0 aliphatic heterocycles. The second kappa shape index (κ2) is 2.21. The number of primary amides is 1. The van der Waals surface area contributed by atoms with E-state index in [2.05, 4.69) is 0 Å². The molecule has 3 N–H and O–H groups in total. The molecule has 1 amide bonds. The third-order valence-corrected chi connectivity index (χ3v) is 3.13. The Kier molecular flexibility index (Phi) is 1.67. The summed E-state index contributed by atoms with van der Waals surface area (Å²) in [5.41, 5.74) is 3.35. The molecular weight excluding hydrogens is 158 g/mol. The number of aliphatic carboxylic acids is 1. The van der Waals surface area contributed by atoms with Gasteiger partial charge in [0.05, 0.1) is 0 Å². The third kappa shape index (κ3) is 0.777. The highest BCUT2D eigenvalue weighted by Crippen LogP contribution is 2.65. The van der Waals surface area contributed by atoms with Crippen LogP contribution in [-0.2, 0) is 9.59 Å². The number of carbonyl (C=O) groups excluding carboxylic acids is 1. The summed E-state index contributed by atoms with van der Waals surface area (Å²) >= 11 is 0. The molecule has 4 heteroatoms. The molecule has 1 saturated carbocycles. The molecule has 1 fully saturated rings. The van der Waals surface area contributed by atoms with E-state index in [0.717, 1.165) is 0 Å². The molecule has 2 atom stereocenters. The van der Waals surface area contributed by atoms with E-state index >= 15 is 0 Å². The summed E-state index contributed by atoms with van der Waals surface area (Å²) < 4.78 is 0. The predicted molar refractivity (Wildman–Crippen MR) is 42.3 cm³/mol. The number of hydrogen-bond donors (Lipinski definition) is 2. The van der Waals surface area contributed by atoms with Crippen molar-refractivity contribution in [3.8, 4) is 0 Å². The Morgan fingerprint density at radius 2 is 2.08 bits per heavy atom. The molecule has 0 bridgehead atoms. The number of carboxylic acid groups (broad SMARTS) is 1. The Morgan fingerprint density at radius 1 is 1.58 bits per heavy atom. The van der Waals surface area contributed by atoms with Crippen molar-refractivity contribution in [2.75, 3.05) is 0 Å². The average Bonchev–Trinajstić information content (AvgIpc) is 2.59. The van der Waals surface area contributed by atoms with Crippen LogP contribution in [0, 0.1) is 10.8 Å². The minimum absolute atomic E-state index is 0.376. The van der Waals surface area contributed by atoms with Crippen LogP contribution in [0.25, 0.3) is 0 Å². The third-order valence-electron chi connectivity index (χ3n) is 3.13. The number of hydrogen-bond acceptors (Lipinski definition) is 2. The van der Waals surface area contributed by atoms with Gasteiger partial charge >= 0.3 is 5.97 Å². The van der Waals surface area contributed by atoms with Gasteiger partial charge < -0.3 is 10.8 Å². The van der Waals surface area contributed by atoms with Gasteiger partial charge in [-0.1, -0.05) is 13.8 Å². The molecule has 1 aliphatic carbocycles. The van der Waals surface area contributed by atoms with Crippen LogP contribution in [0.4, 0.5) is 0 Å². The average molecular weight is 171 g/mol. The van der Waals surface area contributed by atoms with Gasteiger partial charge in [0, 0.05) is 0 Å². The highest BCUT2D eigenvalue weighted by molar-refractivity contribution is 6.05. The Balaban J connectivity index is 2.97. The summed E-state index contributed by atoms with van der Waals surface area (Å²) in [7, 11) is 0. The minimum Gasteiger partial charge on any atom is -0.480 e. The quantitative estimate of drug-likeness (QED) is 0.602. The fourth-order valence-electron chi connectivity index (χ4n) is 1.79. The molecule has 68 valence electrons. The second-order valence-electron chi connectivity index (χ2n) is 3.67. The van der Waals surface area contributed by atoms with Crippen LogP contribution in [0.3, 0.4) is 0 Å². The first kappa shape index (κ1) is 9.03. The first-order valence-corrected chi connectivity index (χ1v) is 3.94. The van der Waals surface area contributed by atoms with Gasteiger partial charge in [-0.25, -0.2) is 0 Å². The SMILES string of the molecule is CC[C@]1(C)C[C@@]1(C(N)=O)C(=O)O. The van der Waals surface area contributed by atoms with Crippen LogP contribution in [0.1, 0.15) is 26.7 Å². The molecule has 0 radical (unpaired) electrons. The topological polar surface area (TPSA) is 80.4 Å². The van der Waals surface area contributed by atoms with E-state index in [1.807, 2.05) is 6.92 Å². The van der Waals surface area contributed by atoms with E-state index in [-0.39, 0.29) is 0 Å². The van der Waals surface area contributed by atoms with Gasteiger partial charge in [0.15, 0.2) is 5.41 Å². The molecule has 0 aromatic heterocycles. The van der Waals surface area contributed by atoms with Gasteiger partial charge in [-0.3, -0.25) is 9.59 Å². The molecule has 0 saturated heterocycles. The van der Waals surface area contributed by atoms with E-state index in [9.17, 15) is 9.59 Å². The van der Waals surface area contributed by atoms with Gasteiger partial charge in [0.1, 0.15) is 0 Å². The van der Waals surface area contributed by atoms with Gasteiger partial charge in [-0.2, -0.15) is 0 Å². The number of nitrogens with two attached hydrogens (primary N) is 1. The Labute approximate surface area is 70.7 Å². The monoisotopic (exact) mass is 171 g/mol. The van der Waals surface area contributed by atoms with E-state index in [4.69, 9.17) is 10.8 Å². The zero-order chi connectivity index (χ0) is 9.57. The normalized spacial score (nSPS) is 39.2. The van der Waals surface area contributed by atoms with Crippen LogP contribution in [0.15, 0.2) is 0 Å². The lowest BCUT2D eigenvalue weighted by Crippen LogP contribution is -2.36. The molecule has 0 aromatic carbocycles. The van der Waals surface area contributed by atoms with Crippen molar-refractivity contribution in [1.82, 2.24) is 0 Å². The van der Waals surface area contributed by atoms with Gasteiger partial charge in [-0.15, -0.1) is 0 Å². The second-order valence-corrected chi connectivity index (χ2v) is 3.67. The van der Waals surface area contributed by atoms with Gasteiger partial charge in [-0.05, 0) is 18.3 Å². The van der Waals surface area contributed by atoms with Crippen LogP contribution in [0.5, 0.6) is 0 Å². The molecule has 0 unspecified atom stereocenters. The first-order chi connectivity index (χ1) is 5.40. The van der Waals surface area contributed by atoms with Gasteiger partial charge in [0.2, 0.25) is 5.91 Å². The van der Waals surface area contributed by atoms with Crippen molar-refractivity contribution in [2.24, 2.45) is 16.6 Å². The van der Waals surface area contributed by atoms with Crippen LogP contribution >= 0.6 is 0 Å². The Bertz CT molecular complexity index is 235. The molecule has 0 spiro atoms. The van der Waals surface area contributed by atoms with E-state index < -0.39 is 22.7 Å². The molecule has 1 aliphatic rings. The van der Waals surface area contributed by atoms with E-state index in [1.54, 1.807) is 6.92 Å². The summed E-state index contributed by atoms with van der Waals surface area (Å²) in [6.45, 7) is 3.65. The summed E-state index contributed by atoms with van der Waals surface area (Å²) in [5.74, 6) is -1.79. The number of carbonyl (C=O) groups is 2. The standard InChI is InChI=1S/C8H13NO3/c1-3-7(2)4-8(7,5(9)10)6(11)12/h3-4H2,1-2H3,(H2,9,10)(H,11,12)/t7-,8-/m1/s1. The lowest BCUT2D eigenvalue weighted by Gasteiger charge is -2.13. The molecule has 4 nitrogen and oxygen atoms in total. The molecule has 1 rings (SSSR count). The fraction of sp³-hybridized carbons (Fsp3) is 0.750. The van der Waals surface area contributed by atoms with Crippen LogP contribution in [0.2, 0.25) is 0 Å². The van der Waals surface area contributed by atoms with Crippen LogP contribution < -0.4 is 5.73 Å². The van der Waals surface area contributed by atoms with Crippen LogP contribution in [-0.4, -0.2) is 17.0 Å². The molecular formula is C8H13NO3. The summed E-state index contributed by atoms with van der Waals surface area (Å²) in [4.78, 5) is 21.7. The first-order valence-electron chi connectivity index (χ1n) is 3.94. The van der Waals surface area contributed by atoms with Crippen molar-refractivity contribution < 1.29 is 14.7 Å². The number of carboxylic acids is 1. The molecule has 12 heavy (non-hydrogen) atoms. The zero-order valence-corrected chi connectivity index (χ0v) is 7.26. The smallest absolute Gasteiger partial charge is 0.319 e. The lowest BCUT2D eigenvalue weighted by atomic mass is 9.91. The highest BCUT2D eigenvalue weighted by atomic mass is 16.4. The predicted octanol–water partition coefficient (Wildman–Crippen LogP) is 0.363. The largest absolute Gasteiger partial charge is 0.480 e. The number of amides is 1. The maximum absolute atomic E-state index is 10.9. The fourth-order valence-corrected chi connectivity index (χ4v) is 1.79. The number of rotatable bonds is 3. The van der Waals surface area contributed by atoms with Crippen molar-refractivity contribution >= 4 is 11.9 Å². The lowest BCUT2D eigenvalue weighted by molar-refractivity contribution is -0.149. The van der Waals surface area contributed by atoms with Crippen molar-refractivity contribution in [3.63, 3.8) is 0 Å². The van der Waals surface area contributed by atoms with E-state index in [0.29, 0.717) is 12.8 Å². The Morgan fingerprint density at radius 3 is 2.17 bits per heavy atom. The highest BCUT2D eigenvalue weighted by Gasteiger charge is 2.72.